The molecule has 5 nitrogen and oxygen atoms in total. The van der Waals surface area contributed by atoms with E-state index in [0.717, 1.165) is 30.9 Å². The summed E-state index contributed by atoms with van der Waals surface area (Å²) < 4.78 is 49.2. The number of ether oxygens (including phenoxy) is 1. The Hall–Kier alpha value is -2.16. The highest BCUT2D eigenvalue weighted by Crippen LogP contribution is 2.30. The van der Waals surface area contributed by atoms with Gasteiger partial charge in [-0.15, -0.1) is 12.4 Å². The van der Waals surface area contributed by atoms with E-state index < -0.39 is 11.9 Å². The molecule has 1 fully saturated rings. The van der Waals surface area contributed by atoms with E-state index in [9.17, 15) is 13.2 Å². The molecule has 1 N–H and O–H groups in total. The van der Waals surface area contributed by atoms with E-state index in [1.165, 1.54) is 6.07 Å². The number of alkyl halides is 3. The molecule has 0 amide bonds. The van der Waals surface area contributed by atoms with Crippen molar-refractivity contribution in [1.29, 1.82) is 0 Å². The second kappa shape index (κ2) is 7.22. The summed E-state index contributed by atoms with van der Waals surface area (Å²) in [6, 6.07) is 7.79. The monoisotopic (exact) mass is 385 g/mol. The molecule has 1 aromatic carbocycles. The van der Waals surface area contributed by atoms with Crippen LogP contribution in [0.2, 0.25) is 0 Å². The predicted octanol–water partition coefficient (Wildman–Crippen LogP) is 3.99. The Balaban J connectivity index is 0.00000196. The molecule has 1 saturated heterocycles. The number of hydrogen-bond acceptors (Lipinski definition) is 5. The Kier molecular flexibility index (Phi) is 5.17. The highest BCUT2D eigenvalue weighted by atomic mass is 35.5. The van der Waals surface area contributed by atoms with Crippen LogP contribution in [0.4, 0.5) is 13.2 Å². The average Bonchev–Trinajstić information content (AvgIpc) is 3.05. The van der Waals surface area contributed by atoms with Crippen molar-refractivity contribution in [2.75, 3.05) is 19.7 Å². The van der Waals surface area contributed by atoms with Crippen LogP contribution in [0, 0.1) is 0 Å². The Bertz CT molecular complexity index is 890. The first-order valence-electron chi connectivity index (χ1n) is 7.77. The number of aromatic nitrogens is 2. The zero-order valence-electron chi connectivity index (χ0n) is 13.4. The van der Waals surface area contributed by atoms with Crippen LogP contribution >= 0.6 is 12.4 Å². The van der Waals surface area contributed by atoms with Gasteiger partial charge in [0.25, 0.3) is 0 Å². The van der Waals surface area contributed by atoms with Crippen LogP contribution in [0.5, 0.6) is 0 Å². The smallest absolute Gasteiger partial charge is 0.433 e. The number of oxazole rings is 1. The number of benzene rings is 1. The van der Waals surface area contributed by atoms with E-state index >= 15 is 0 Å². The molecular weight excluding hydrogens is 371 g/mol. The van der Waals surface area contributed by atoms with E-state index in [1.807, 2.05) is 18.2 Å². The van der Waals surface area contributed by atoms with Crippen LogP contribution in [-0.4, -0.2) is 29.7 Å². The van der Waals surface area contributed by atoms with Crippen molar-refractivity contribution in [3.8, 4) is 11.5 Å². The molecule has 1 unspecified atom stereocenters. The Morgan fingerprint density at radius 2 is 2.00 bits per heavy atom. The number of halogens is 4. The largest absolute Gasteiger partial charge is 0.436 e. The summed E-state index contributed by atoms with van der Waals surface area (Å²) in [6.45, 7) is 2.18. The van der Waals surface area contributed by atoms with Gasteiger partial charge in [0.2, 0.25) is 5.89 Å². The van der Waals surface area contributed by atoms with Crippen LogP contribution in [0.1, 0.15) is 17.4 Å². The van der Waals surface area contributed by atoms with Crippen LogP contribution in [-0.2, 0) is 10.9 Å². The summed E-state index contributed by atoms with van der Waals surface area (Å²) in [5, 5.41) is 3.26. The molecule has 1 aliphatic rings. The molecule has 3 heterocycles. The first-order chi connectivity index (χ1) is 12.0. The van der Waals surface area contributed by atoms with Gasteiger partial charge in [0.05, 0.1) is 18.3 Å². The molecule has 0 radical (unpaired) electrons. The molecule has 26 heavy (non-hydrogen) atoms. The first-order valence-corrected chi connectivity index (χ1v) is 7.77. The van der Waals surface area contributed by atoms with Crippen LogP contribution in [0.15, 0.2) is 40.9 Å². The molecular formula is C17H15ClF3N3O2. The number of fused-ring (bicyclic) bond motifs is 1. The fourth-order valence-corrected chi connectivity index (χ4v) is 2.73. The lowest BCUT2D eigenvalue weighted by Gasteiger charge is -2.23. The molecule has 1 aliphatic heterocycles. The first kappa shape index (κ1) is 18.6. The lowest BCUT2D eigenvalue weighted by molar-refractivity contribution is -0.141. The number of hydrogen-bond donors (Lipinski definition) is 1. The molecule has 2 aromatic heterocycles. The number of nitrogens with one attached hydrogen (secondary N) is 1. The SMILES string of the molecule is Cl.FC(F)(F)c1ccc(-c2nc3ccc(C4CNCCO4)cc3o2)cn1. The van der Waals surface area contributed by atoms with Gasteiger partial charge in [-0.05, 0) is 29.8 Å². The third-order valence-electron chi connectivity index (χ3n) is 4.01. The molecule has 138 valence electrons. The Morgan fingerprint density at radius 1 is 1.15 bits per heavy atom. The molecule has 4 rings (SSSR count). The molecule has 0 aliphatic carbocycles. The summed E-state index contributed by atoms with van der Waals surface area (Å²) >= 11 is 0. The fraction of sp³-hybridized carbons (Fsp3) is 0.294. The van der Waals surface area contributed by atoms with Gasteiger partial charge >= 0.3 is 6.18 Å². The van der Waals surface area contributed by atoms with Gasteiger partial charge in [-0.2, -0.15) is 13.2 Å². The van der Waals surface area contributed by atoms with E-state index in [1.54, 1.807) is 0 Å². The molecule has 9 heteroatoms. The summed E-state index contributed by atoms with van der Waals surface area (Å²) in [5.74, 6) is 0.232. The zero-order chi connectivity index (χ0) is 17.4. The van der Waals surface area contributed by atoms with E-state index in [4.69, 9.17) is 9.15 Å². The number of pyridine rings is 1. The minimum absolute atomic E-state index is 0. The molecule has 0 spiro atoms. The van der Waals surface area contributed by atoms with Crippen molar-refractivity contribution in [2.24, 2.45) is 0 Å². The third-order valence-corrected chi connectivity index (χ3v) is 4.01. The predicted molar refractivity (Wildman–Crippen MR) is 91.1 cm³/mol. The maximum Gasteiger partial charge on any atom is 0.433 e. The second-order valence-corrected chi connectivity index (χ2v) is 5.74. The molecule has 0 saturated carbocycles. The van der Waals surface area contributed by atoms with E-state index in [-0.39, 0.29) is 24.4 Å². The van der Waals surface area contributed by atoms with E-state index in [2.05, 4.69) is 15.3 Å². The third kappa shape index (κ3) is 3.67. The maximum atomic E-state index is 12.6. The van der Waals surface area contributed by atoms with Crippen molar-refractivity contribution in [1.82, 2.24) is 15.3 Å². The van der Waals surface area contributed by atoms with Gasteiger partial charge in [-0.1, -0.05) is 6.07 Å². The van der Waals surface area contributed by atoms with Crippen LogP contribution in [0.25, 0.3) is 22.6 Å². The van der Waals surface area contributed by atoms with E-state index in [0.29, 0.717) is 23.3 Å². The van der Waals surface area contributed by atoms with Crippen molar-refractivity contribution in [2.45, 2.75) is 12.3 Å². The highest BCUT2D eigenvalue weighted by molar-refractivity contribution is 5.85. The topological polar surface area (TPSA) is 60.2 Å². The van der Waals surface area contributed by atoms with Gasteiger partial charge < -0.3 is 14.5 Å². The molecule has 1 atom stereocenters. The number of rotatable bonds is 2. The number of morpholine rings is 1. The Labute approximate surface area is 153 Å². The van der Waals surface area contributed by atoms with Gasteiger partial charge in [0.1, 0.15) is 11.2 Å². The second-order valence-electron chi connectivity index (χ2n) is 5.74. The van der Waals surface area contributed by atoms with Gasteiger partial charge in [-0.25, -0.2) is 4.98 Å². The summed E-state index contributed by atoms with van der Waals surface area (Å²) in [5.41, 5.74) is 1.59. The highest BCUT2D eigenvalue weighted by Gasteiger charge is 2.32. The molecule has 0 bridgehead atoms. The Morgan fingerprint density at radius 3 is 2.65 bits per heavy atom. The quantitative estimate of drug-likeness (QED) is 0.722. The van der Waals surface area contributed by atoms with Gasteiger partial charge in [0.15, 0.2) is 5.58 Å². The normalized spacial score (nSPS) is 17.9. The minimum atomic E-state index is -4.47. The van der Waals surface area contributed by atoms with Crippen molar-refractivity contribution < 1.29 is 22.3 Å². The zero-order valence-corrected chi connectivity index (χ0v) is 14.2. The molecule has 3 aromatic rings. The maximum absolute atomic E-state index is 12.6. The lowest BCUT2D eigenvalue weighted by atomic mass is 10.1. The van der Waals surface area contributed by atoms with Crippen LogP contribution in [0.3, 0.4) is 0 Å². The summed E-state index contributed by atoms with van der Waals surface area (Å²) in [7, 11) is 0. The van der Waals surface area contributed by atoms with Crippen molar-refractivity contribution in [3.63, 3.8) is 0 Å². The lowest BCUT2D eigenvalue weighted by Crippen LogP contribution is -2.33. The minimum Gasteiger partial charge on any atom is -0.436 e. The van der Waals surface area contributed by atoms with Gasteiger partial charge in [-0.3, -0.25) is 4.98 Å². The van der Waals surface area contributed by atoms with Crippen molar-refractivity contribution >= 4 is 23.5 Å². The summed E-state index contributed by atoms with van der Waals surface area (Å²) in [6.07, 6.45) is -3.41. The fourth-order valence-electron chi connectivity index (χ4n) is 2.73. The van der Waals surface area contributed by atoms with Gasteiger partial charge in [0, 0.05) is 19.3 Å². The van der Waals surface area contributed by atoms with Crippen LogP contribution < -0.4 is 5.32 Å². The summed E-state index contributed by atoms with van der Waals surface area (Å²) in [4.78, 5) is 7.75. The average molecular weight is 386 g/mol. The van der Waals surface area contributed by atoms with Crippen molar-refractivity contribution in [3.05, 3.63) is 47.8 Å². The standard InChI is InChI=1S/C17H14F3N3O2.ClH/c18-17(19,20)15-4-2-11(8-22-15)16-23-12-3-1-10(7-13(12)25-16)14-9-21-5-6-24-14;/h1-4,7-8,14,21H,5-6,9H2;1H. The number of nitrogens with zero attached hydrogens (tertiary/aromatic N) is 2.